The Morgan fingerprint density at radius 2 is 2.00 bits per heavy atom. The Hall–Kier alpha value is -1.59. The summed E-state index contributed by atoms with van der Waals surface area (Å²) in [5.41, 5.74) is 2.25. The number of para-hydroxylation sites is 1. The van der Waals surface area contributed by atoms with Gasteiger partial charge in [-0.1, -0.05) is 18.2 Å². The number of fused-ring (bicyclic) bond motifs is 1. The number of piperazine rings is 1. The highest BCUT2D eigenvalue weighted by molar-refractivity contribution is 5.98. The van der Waals surface area contributed by atoms with Crippen molar-refractivity contribution >= 4 is 29.9 Å². The first-order valence-corrected chi connectivity index (χ1v) is 9.13. The van der Waals surface area contributed by atoms with E-state index in [4.69, 9.17) is 0 Å². The van der Waals surface area contributed by atoms with Gasteiger partial charge in [0.1, 0.15) is 0 Å². The van der Waals surface area contributed by atoms with Crippen LogP contribution in [0.2, 0.25) is 0 Å². The third-order valence-electron chi connectivity index (χ3n) is 5.35. The van der Waals surface area contributed by atoms with E-state index in [9.17, 15) is 9.59 Å². The van der Waals surface area contributed by atoms with Crippen LogP contribution in [-0.2, 0) is 16.0 Å². The Labute approximate surface area is 155 Å². The maximum atomic E-state index is 12.8. The van der Waals surface area contributed by atoms with Crippen LogP contribution in [0, 0.1) is 5.92 Å². The molecular formula is C19H26ClN3O2. The standard InChI is InChI=1S/C19H25N3O2.ClH/c23-18(22-10-3-5-15-4-1-2-6-17(15)22)12-16-19(24)21(11-9-20-16)13-14-7-8-14;/h1-2,4,6,14,16,20H,3,5,7-13H2;1H. The van der Waals surface area contributed by atoms with Gasteiger partial charge in [0.15, 0.2) is 0 Å². The number of carbonyl (C=O) groups excluding carboxylic acids is 2. The van der Waals surface area contributed by atoms with Crippen molar-refractivity contribution in [3.63, 3.8) is 0 Å². The molecule has 1 atom stereocenters. The molecule has 1 aromatic rings. The normalized spacial score (nSPS) is 23.0. The molecular weight excluding hydrogens is 338 g/mol. The molecule has 6 heteroatoms. The summed E-state index contributed by atoms with van der Waals surface area (Å²) < 4.78 is 0. The molecule has 1 aliphatic carbocycles. The minimum absolute atomic E-state index is 0. The van der Waals surface area contributed by atoms with Crippen molar-refractivity contribution in [2.45, 2.75) is 38.1 Å². The van der Waals surface area contributed by atoms with Crippen LogP contribution in [0.4, 0.5) is 5.69 Å². The van der Waals surface area contributed by atoms with Crippen LogP contribution >= 0.6 is 12.4 Å². The van der Waals surface area contributed by atoms with E-state index >= 15 is 0 Å². The molecule has 4 rings (SSSR count). The molecule has 5 nitrogen and oxygen atoms in total. The Morgan fingerprint density at radius 3 is 2.80 bits per heavy atom. The van der Waals surface area contributed by atoms with Gasteiger partial charge in [-0.2, -0.15) is 0 Å². The Morgan fingerprint density at radius 1 is 1.20 bits per heavy atom. The summed E-state index contributed by atoms with van der Waals surface area (Å²) >= 11 is 0. The number of benzene rings is 1. The lowest BCUT2D eigenvalue weighted by molar-refractivity contribution is -0.138. The van der Waals surface area contributed by atoms with Crippen molar-refractivity contribution in [3.8, 4) is 0 Å². The first-order chi connectivity index (χ1) is 11.7. The highest BCUT2D eigenvalue weighted by atomic mass is 35.5. The first-order valence-electron chi connectivity index (χ1n) is 9.13. The minimum Gasteiger partial charge on any atom is -0.340 e. The van der Waals surface area contributed by atoms with Gasteiger partial charge in [0, 0.05) is 31.9 Å². The topological polar surface area (TPSA) is 52.7 Å². The molecule has 2 amide bonds. The van der Waals surface area contributed by atoms with E-state index in [1.165, 1.54) is 18.4 Å². The fraction of sp³-hybridized carbons (Fsp3) is 0.579. The monoisotopic (exact) mass is 363 g/mol. The lowest BCUT2D eigenvalue weighted by Crippen LogP contribution is -2.57. The first kappa shape index (κ1) is 18.2. The molecule has 3 aliphatic rings. The van der Waals surface area contributed by atoms with E-state index in [0.717, 1.165) is 44.7 Å². The van der Waals surface area contributed by atoms with E-state index in [1.807, 2.05) is 28.0 Å². The van der Waals surface area contributed by atoms with Gasteiger partial charge in [0.25, 0.3) is 0 Å². The van der Waals surface area contributed by atoms with Gasteiger partial charge in [-0.3, -0.25) is 9.59 Å². The fourth-order valence-corrected chi connectivity index (χ4v) is 3.82. The highest BCUT2D eigenvalue weighted by Gasteiger charge is 2.35. The molecule has 1 N–H and O–H groups in total. The molecule has 25 heavy (non-hydrogen) atoms. The Kier molecular flexibility index (Phi) is 5.64. The summed E-state index contributed by atoms with van der Waals surface area (Å²) in [5.74, 6) is 0.852. The van der Waals surface area contributed by atoms with E-state index < -0.39 is 0 Å². The molecule has 2 heterocycles. The van der Waals surface area contributed by atoms with Gasteiger partial charge in [-0.15, -0.1) is 12.4 Å². The number of aryl methyl sites for hydroxylation is 1. The predicted octanol–water partition coefficient (Wildman–Crippen LogP) is 1.99. The van der Waals surface area contributed by atoms with Gasteiger partial charge < -0.3 is 15.1 Å². The van der Waals surface area contributed by atoms with E-state index in [-0.39, 0.29) is 36.7 Å². The number of hydrogen-bond donors (Lipinski definition) is 1. The average molecular weight is 364 g/mol. The maximum absolute atomic E-state index is 12.8. The smallest absolute Gasteiger partial charge is 0.240 e. The number of nitrogens with zero attached hydrogens (tertiary/aromatic N) is 2. The number of amides is 2. The molecule has 0 spiro atoms. The molecule has 0 radical (unpaired) electrons. The Bertz CT molecular complexity index is 647. The molecule has 2 aliphatic heterocycles. The number of hydrogen-bond acceptors (Lipinski definition) is 3. The summed E-state index contributed by atoms with van der Waals surface area (Å²) in [5, 5.41) is 3.25. The van der Waals surface area contributed by atoms with Gasteiger partial charge in [-0.25, -0.2) is 0 Å². The van der Waals surface area contributed by atoms with Gasteiger partial charge in [0.05, 0.1) is 12.5 Å². The van der Waals surface area contributed by atoms with Crippen molar-refractivity contribution in [1.82, 2.24) is 10.2 Å². The van der Waals surface area contributed by atoms with Crippen molar-refractivity contribution < 1.29 is 9.59 Å². The van der Waals surface area contributed by atoms with Crippen molar-refractivity contribution in [1.29, 1.82) is 0 Å². The largest absolute Gasteiger partial charge is 0.340 e. The van der Waals surface area contributed by atoms with E-state index in [1.54, 1.807) is 0 Å². The number of anilines is 1. The van der Waals surface area contributed by atoms with Crippen molar-refractivity contribution in [3.05, 3.63) is 29.8 Å². The molecule has 2 fully saturated rings. The lowest BCUT2D eigenvalue weighted by Gasteiger charge is -2.35. The number of halogens is 1. The summed E-state index contributed by atoms with van der Waals surface area (Å²) in [6.45, 7) is 3.18. The summed E-state index contributed by atoms with van der Waals surface area (Å²) in [7, 11) is 0. The van der Waals surface area contributed by atoms with Crippen molar-refractivity contribution in [2.24, 2.45) is 5.92 Å². The molecule has 0 aromatic heterocycles. The van der Waals surface area contributed by atoms with Crippen LogP contribution in [0.25, 0.3) is 0 Å². The van der Waals surface area contributed by atoms with E-state index in [0.29, 0.717) is 5.92 Å². The van der Waals surface area contributed by atoms with Crippen LogP contribution in [0.15, 0.2) is 24.3 Å². The van der Waals surface area contributed by atoms with Crippen LogP contribution in [0.3, 0.4) is 0 Å². The average Bonchev–Trinajstić information content (AvgIpc) is 3.42. The second-order valence-electron chi connectivity index (χ2n) is 7.22. The number of carbonyl (C=O) groups is 2. The minimum atomic E-state index is -0.362. The molecule has 1 saturated heterocycles. The number of rotatable bonds is 4. The fourth-order valence-electron chi connectivity index (χ4n) is 3.82. The third kappa shape index (κ3) is 3.98. The summed E-state index contributed by atoms with van der Waals surface area (Å²) in [6, 6.07) is 7.75. The second-order valence-corrected chi connectivity index (χ2v) is 7.22. The zero-order valence-corrected chi connectivity index (χ0v) is 15.3. The maximum Gasteiger partial charge on any atom is 0.240 e. The molecule has 1 unspecified atom stereocenters. The Balaban J connectivity index is 0.00000182. The predicted molar refractivity (Wildman–Crippen MR) is 100 cm³/mol. The molecule has 1 saturated carbocycles. The number of nitrogens with one attached hydrogen (secondary N) is 1. The van der Waals surface area contributed by atoms with Crippen LogP contribution in [0.5, 0.6) is 0 Å². The SMILES string of the molecule is Cl.O=C1C(CC(=O)N2CCCc3ccccc32)NCCN1CC1CC1. The van der Waals surface area contributed by atoms with Gasteiger partial charge >= 0.3 is 0 Å². The van der Waals surface area contributed by atoms with Gasteiger partial charge in [0.2, 0.25) is 11.8 Å². The zero-order chi connectivity index (χ0) is 16.5. The molecule has 136 valence electrons. The molecule has 1 aromatic carbocycles. The van der Waals surface area contributed by atoms with Gasteiger partial charge in [-0.05, 0) is 43.2 Å². The van der Waals surface area contributed by atoms with Crippen LogP contribution in [-0.4, -0.2) is 48.9 Å². The zero-order valence-electron chi connectivity index (χ0n) is 14.4. The second kappa shape index (κ2) is 7.75. The molecule has 0 bridgehead atoms. The lowest BCUT2D eigenvalue weighted by atomic mass is 10.0. The summed E-state index contributed by atoms with van der Waals surface area (Å²) in [4.78, 5) is 29.3. The van der Waals surface area contributed by atoms with Crippen LogP contribution < -0.4 is 10.2 Å². The van der Waals surface area contributed by atoms with E-state index in [2.05, 4.69) is 11.4 Å². The highest BCUT2D eigenvalue weighted by Crippen LogP contribution is 2.30. The third-order valence-corrected chi connectivity index (χ3v) is 5.35. The summed E-state index contributed by atoms with van der Waals surface area (Å²) in [6.07, 6.45) is 4.75. The quantitative estimate of drug-likeness (QED) is 0.890. The van der Waals surface area contributed by atoms with Crippen LogP contribution in [0.1, 0.15) is 31.2 Å². The van der Waals surface area contributed by atoms with Crippen molar-refractivity contribution in [2.75, 3.05) is 31.1 Å².